The van der Waals surface area contributed by atoms with Crippen molar-refractivity contribution in [2.24, 2.45) is 0 Å². The van der Waals surface area contributed by atoms with Crippen LogP contribution in [0.4, 0.5) is 5.69 Å². The Kier molecular flexibility index (Phi) is 5.29. The van der Waals surface area contributed by atoms with E-state index in [2.05, 4.69) is 66.3 Å². The molecule has 2 rings (SSSR count). The van der Waals surface area contributed by atoms with Gasteiger partial charge in [-0.1, -0.05) is 41.1 Å². The predicted molar refractivity (Wildman–Crippen MR) is 93.3 cm³/mol. The molecule has 2 nitrogen and oxygen atoms in total. The van der Waals surface area contributed by atoms with E-state index in [1.165, 1.54) is 21.2 Å². The number of rotatable bonds is 5. The second kappa shape index (κ2) is 6.99. The molecule has 0 saturated carbocycles. The Morgan fingerprint density at radius 3 is 2.33 bits per heavy atom. The van der Waals surface area contributed by atoms with E-state index in [1.54, 1.807) is 7.11 Å². The van der Waals surface area contributed by atoms with Gasteiger partial charge in [0.15, 0.2) is 0 Å². The number of anilines is 1. The van der Waals surface area contributed by atoms with Gasteiger partial charge < -0.3 is 10.1 Å². The molecule has 0 fully saturated rings. The van der Waals surface area contributed by atoms with E-state index in [-0.39, 0.29) is 6.04 Å². The summed E-state index contributed by atoms with van der Waals surface area (Å²) in [5.41, 5.74) is 4.83. The average Bonchev–Trinajstić information content (AvgIpc) is 2.50. The largest absolute Gasteiger partial charge is 0.496 e. The fraction of sp³-hybridized carbons (Fsp3) is 0.333. The first-order valence-corrected chi connectivity index (χ1v) is 8.02. The Labute approximate surface area is 135 Å². The molecular weight excluding hydrogens is 326 g/mol. The lowest BCUT2D eigenvalue weighted by molar-refractivity contribution is 0.406. The third kappa shape index (κ3) is 3.59. The number of para-hydroxylation sites is 1. The zero-order valence-electron chi connectivity index (χ0n) is 13.0. The molecule has 0 aliphatic heterocycles. The van der Waals surface area contributed by atoms with Crippen molar-refractivity contribution < 1.29 is 4.74 Å². The Morgan fingerprint density at radius 1 is 1.14 bits per heavy atom. The quantitative estimate of drug-likeness (QED) is 0.755. The molecule has 3 heteroatoms. The molecule has 0 radical (unpaired) electrons. The van der Waals surface area contributed by atoms with Gasteiger partial charge in [0.1, 0.15) is 5.75 Å². The molecule has 112 valence electrons. The molecule has 0 amide bonds. The SMILES string of the molecule is CCC(Nc1cc(C)c(Br)c(C)c1)c1ccccc1OC. The maximum atomic E-state index is 5.48. The minimum absolute atomic E-state index is 0.237. The number of nitrogens with one attached hydrogen (secondary N) is 1. The lowest BCUT2D eigenvalue weighted by Gasteiger charge is -2.22. The normalized spacial score (nSPS) is 12.0. The van der Waals surface area contributed by atoms with Gasteiger partial charge in [0.2, 0.25) is 0 Å². The Bertz CT molecular complexity index is 601. The van der Waals surface area contributed by atoms with Crippen LogP contribution in [0, 0.1) is 13.8 Å². The molecule has 1 N–H and O–H groups in total. The zero-order chi connectivity index (χ0) is 15.4. The van der Waals surface area contributed by atoms with Gasteiger partial charge in [0.05, 0.1) is 13.2 Å². The van der Waals surface area contributed by atoms with Crippen LogP contribution in [0.5, 0.6) is 5.75 Å². The van der Waals surface area contributed by atoms with Crippen molar-refractivity contribution >= 4 is 21.6 Å². The first-order chi connectivity index (χ1) is 10.1. The van der Waals surface area contributed by atoms with E-state index in [9.17, 15) is 0 Å². The molecule has 2 aromatic rings. The van der Waals surface area contributed by atoms with Crippen LogP contribution in [0.15, 0.2) is 40.9 Å². The Balaban J connectivity index is 2.31. The number of aryl methyl sites for hydroxylation is 2. The van der Waals surface area contributed by atoms with E-state index in [0.717, 1.165) is 17.9 Å². The van der Waals surface area contributed by atoms with Crippen LogP contribution in [-0.2, 0) is 0 Å². The van der Waals surface area contributed by atoms with Gasteiger partial charge in [-0.05, 0) is 49.6 Å². The summed E-state index contributed by atoms with van der Waals surface area (Å²) < 4.78 is 6.66. The number of hydrogen-bond acceptors (Lipinski definition) is 2. The van der Waals surface area contributed by atoms with E-state index in [0.29, 0.717) is 0 Å². The highest BCUT2D eigenvalue weighted by atomic mass is 79.9. The molecule has 0 aromatic heterocycles. The highest BCUT2D eigenvalue weighted by Crippen LogP contribution is 2.32. The van der Waals surface area contributed by atoms with Gasteiger partial charge in [0, 0.05) is 15.7 Å². The summed E-state index contributed by atoms with van der Waals surface area (Å²) in [6, 6.07) is 12.8. The predicted octanol–water partition coefficient (Wildman–Crippen LogP) is 5.64. The van der Waals surface area contributed by atoms with Crippen molar-refractivity contribution in [1.82, 2.24) is 0 Å². The van der Waals surface area contributed by atoms with Crippen LogP contribution in [0.1, 0.15) is 36.1 Å². The minimum atomic E-state index is 0.237. The topological polar surface area (TPSA) is 21.3 Å². The lowest BCUT2D eigenvalue weighted by Crippen LogP contribution is -2.11. The zero-order valence-corrected chi connectivity index (χ0v) is 14.6. The number of hydrogen-bond donors (Lipinski definition) is 1. The smallest absolute Gasteiger partial charge is 0.124 e. The van der Waals surface area contributed by atoms with Gasteiger partial charge in [-0.3, -0.25) is 0 Å². The number of benzene rings is 2. The molecular formula is C18H22BrNO. The minimum Gasteiger partial charge on any atom is -0.496 e. The second-order valence-corrected chi connectivity index (χ2v) is 6.06. The molecule has 0 saturated heterocycles. The number of ether oxygens (including phenoxy) is 1. The van der Waals surface area contributed by atoms with Crippen molar-refractivity contribution in [1.29, 1.82) is 0 Å². The van der Waals surface area contributed by atoms with Crippen LogP contribution in [0.25, 0.3) is 0 Å². The molecule has 21 heavy (non-hydrogen) atoms. The maximum Gasteiger partial charge on any atom is 0.124 e. The fourth-order valence-corrected chi connectivity index (χ4v) is 2.81. The second-order valence-electron chi connectivity index (χ2n) is 5.27. The van der Waals surface area contributed by atoms with Gasteiger partial charge >= 0.3 is 0 Å². The summed E-state index contributed by atoms with van der Waals surface area (Å²) in [7, 11) is 1.72. The highest BCUT2D eigenvalue weighted by molar-refractivity contribution is 9.10. The van der Waals surface area contributed by atoms with Crippen LogP contribution in [0.2, 0.25) is 0 Å². The molecule has 1 atom stereocenters. The molecule has 1 unspecified atom stereocenters. The first-order valence-electron chi connectivity index (χ1n) is 7.23. The number of methoxy groups -OCH3 is 1. The molecule has 0 aliphatic rings. The Hall–Kier alpha value is -1.48. The van der Waals surface area contributed by atoms with E-state index in [1.807, 2.05) is 12.1 Å². The molecule has 0 bridgehead atoms. The summed E-state index contributed by atoms with van der Waals surface area (Å²) in [6.45, 7) is 6.42. The fourth-order valence-electron chi connectivity index (χ4n) is 2.58. The van der Waals surface area contributed by atoms with Gasteiger partial charge in [0.25, 0.3) is 0 Å². The highest BCUT2D eigenvalue weighted by Gasteiger charge is 2.14. The molecule has 2 aromatic carbocycles. The Morgan fingerprint density at radius 2 is 1.76 bits per heavy atom. The standard InChI is InChI=1S/C18H22BrNO/c1-5-16(15-8-6-7-9-17(15)21-4)20-14-10-12(2)18(19)13(3)11-14/h6-11,16,20H,5H2,1-4H3. The number of halogens is 1. The first kappa shape index (κ1) is 15.9. The molecule has 0 heterocycles. The lowest BCUT2D eigenvalue weighted by atomic mass is 10.0. The van der Waals surface area contributed by atoms with E-state index >= 15 is 0 Å². The van der Waals surface area contributed by atoms with Crippen molar-refractivity contribution in [2.45, 2.75) is 33.2 Å². The van der Waals surface area contributed by atoms with Crippen molar-refractivity contribution in [2.75, 3.05) is 12.4 Å². The monoisotopic (exact) mass is 347 g/mol. The summed E-state index contributed by atoms with van der Waals surface area (Å²) in [5, 5.41) is 3.63. The summed E-state index contributed by atoms with van der Waals surface area (Å²) in [6.07, 6.45) is 0.995. The van der Waals surface area contributed by atoms with Gasteiger partial charge in [-0.25, -0.2) is 0 Å². The van der Waals surface area contributed by atoms with Crippen LogP contribution < -0.4 is 10.1 Å². The van der Waals surface area contributed by atoms with Crippen molar-refractivity contribution in [3.8, 4) is 5.75 Å². The van der Waals surface area contributed by atoms with Crippen LogP contribution >= 0.6 is 15.9 Å². The van der Waals surface area contributed by atoms with Gasteiger partial charge in [-0.2, -0.15) is 0 Å². The molecule has 0 aliphatic carbocycles. The third-order valence-corrected chi connectivity index (χ3v) is 4.95. The van der Waals surface area contributed by atoms with Gasteiger partial charge in [-0.15, -0.1) is 0 Å². The summed E-state index contributed by atoms with van der Waals surface area (Å²) >= 11 is 3.62. The van der Waals surface area contributed by atoms with Crippen LogP contribution in [0.3, 0.4) is 0 Å². The van der Waals surface area contributed by atoms with E-state index < -0.39 is 0 Å². The summed E-state index contributed by atoms with van der Waals surface area (Å²) in [4.78, 5) is 0. The van der Waals surface area contributed by atoms with E-state index in [4.69, 9.17) is 4.74 Å². The summed E-state index contributed by atoms with van der Waals surface area (Å²) in [5.74, 6) is 0.933. The van der Waals surface area contributed by atoms with Crippen LogP contribution in [-0.4, -0.2) is 7.11 Å². The van der Waals surface area contributed by atoms with Crippen molar-refractivity contribution in [3.05, 3.63) is 57.6 Å². The third-order valence-electron chi connectivity index (χ3n) is 3.70. The maximum absolute atomic E-state index is 5.48. The molecule has 0 spiro atoms. The van der Waals surface area contributed by atoms with Crippen molar-refractivity contribution in [3.63, 3.8) is 0 Å². The average molecular weight is 348 g/mol.